The molecule has 42 heavy (non-hydrogen) atoms. The van der Waals surface area contributed by atoms with Crippen molar-refractivity contribution in [2.75, 3.05) is 0 Å². The smallest absolute Gasteiger partial charge is 0.190 e. The molecule has 0 N–H and O–H groups in total. The van der Waals surface area contributed by atoms with Crippen molar-refractivity contribution in [2.24, 2.45) is 0 Å². The highest BCUT2D eigenvalue weighted by molar-refractivity contribution is 5.86. The lowest BCUT2D eigenvalue weighted by Gasteiger charge is -2.32. The first-order chi connectivity index (χ1) is 20.5. The van der Waals surface area contributed by atoms with Gasteiger partial charge in [0.25, 0.3) is 5.54 Å². The summed E-state index contributed by atoms with van der Waals surface area (Å²) >= 11 is 0. The molecule has 200 valence electrons. The zero-order chi connectivity index (χ0) is 28.3. The summed E-state index contributed by atoms with van der Waals surface area (Å²) in [6.07, 6.45) is 4.61. The fourth-order valence-corrected chi connectivity index (χ4v) is 8.47. The van der Waals surface area contributed by atoms with E-state index < -0.39 is 5.54 Å². The van der Waals surface area contributed by atoms with Gasteiger partial charge in [0.2, 0.25) is 35.0 Å². The summed E-state index contributed by atoms with van der Waals surface area (Å²) in [6.45, 7) is 9.94. The van der Waals surface area contributed by atoms with Crippen molar-refractivity contribution in [3.8, 4) is 50.7 Å². The first-order valence-corrected chi connectivity index (χ1v) is 14.9. The fourth-order valence-electron chi connectivity index (χ4n) is 8.47. The van der Waals surface area contributed by atoms with Crippen molar-refractivity contribution in [2.45, 2.75) is 39.8 Å². The third-order valence-electron chi connectivity index (χ3n) is 9.92. The highest BCUT2D eigenvalue weighted by Gasteiger charge is 2.58. The van der Waals surface area contributed by atoms with Crippen LogP contribution in [0.5, 0.6) is 0 Å². The molecule has 0 fully saturated rings. The second-order valence-corrected chi connectivity index (χ2v) is 12.3. The maximum atomic E-state index is 2.64. The van der Waals surface area contributed by atoms with Gasteiger partial charge in [0.1, 0.15) is 11.1 Å². The highest BCUT2D eigenvalue weighted by Crippen LogP contribution is 2.49. The fraction of sp³-hybridized carbons (Fsp3) is 0.154. The van der Waals surface area contributed by atoms with Gasteiger partial charge >= 0.3 is 0 Å². The second kappa shape index (κ2) is 8.10. The van der Waals surface area contributed by atoms with E-state index in [0.717, 1.165) is 6.54 Å². The predicted octanol–water partition coefficient (Wildman–Crippen LogP) is 6.87. The molecular formula is C39H32N3+3. The number of aromatic nitrogens is 3. The van der Waals surface area contributed by atoms with Crippen molar-refractivity contribution in [1.29, 1.82) is 0 Å². The average molecular weight is 543 g/mol. The molecule has 0 atom stereocenters. The van der Waals surface area contributed by atoms with Crippen LogP contribution >= 0.6 is 0 Å². The van der Waals surface area contributed by atoms with Crippen LogP contribution in [0.4, 0.5) is 0 Å². The summed E-state index contributed by atoms with van der Waals surface area (Å²) < 4.78 is 7.75. The van der Waals surface area contributed by atoms with Crippen LogP contribution in [-0.2, 0) is 12.1 Å². The number of pyridine rings is 3. The van der Waals surface area contributed by atoms with Gasteiger partial charge in [-0.1, -0.05) is 42.5 Å². The Kier molecular flexibility index (Phi) is 4.59. The van der Waals surface area contributed by atoms with Gasteiger partial charge in [-0.05, 0) is 69.2 Å². The molecule has 0 radical (unpaired) electrons. The van der Waals surface area contributed by atoms with Gasteiger partial charge in [-0.2, -0.15) is 13.7 Å². The second-order valence-electron chi connectivity index (χ2n) is 12.3. The largest absolute Gasteiger partial charge is 0.278 e. The molecule has 7 bridgehead atoms. The Morgan fingerprint density at radius 1 is 0.548 bits per heavy atom. The summed E-state index contributed by atoms with van der Waals surface area (Å²) in [6, 6.07) is 36.6. The number of hydrogen-bond acceptors (Lipinski definition) is 0. The molecule has 0 amide bonds. The molecule has 0 saturated heterocycles. The number of benzene rings is 3. The van der Waals surface area contributed by atoms with Crippen LogP contribution in [0, 0.1) is 27.7 Å². The van der Waals surface area contributed by atoms with Crippen LogP contribution in [0.3, 0.4) is 0 Å². The predicted molar refractivity (Wildman–Crippen MR) is 165 cm³/mol. The van der Waals surface area contributed by atoms with Gasteiger partial charge in [0.15, 0.2) is 12.4 Å². The van der Waals surface area contributed by atoms with Crippen LogP contribution < -0.4 is 13.7 Å². The van der Waals surface area contributed by atoms with E-state index >= 15 is 0 Å². The van der Waals surface area contributed by atoms with E-state index in [1.54, 1.807) is 0 Å². The maximum absolute atomic E-state index is 2.64. The van der Waals surface area contributed by atoms with Gasteiger partial charge in [-0.25, -0.2) is 0 Å². The standard InChI is InChI=1S/C39H32N3/c1-24-21-25(2)35-33-18-10-12-20-41(33)39-23-40-19-11-9-17-32(40)34(24)38(35)42-36(28-13-5-7-15-30(28)39)26(3)22-27(4)37(42)29-14-6-8-16-31(29)39/h5-22H,23H2,1-4H3/q+3. The number of hydrogen-bond donors (Lipinski definition) is 0. The SMILES string of the molecule is Cc1cc(C)c2c3c1-c1cccc[n+]1CC1(c4ccccc4-c4c(C)cc(C)c([n+]4-3)-c3ccccc31)[n+]1ccccc1-2. The summed E-state index contributed by atoms with van der Waals surface area (Å²) in [5.41, 5.74) is 18.9. The summed E-state index contributed by atoms with van der Waals surface area (Å²) in [5.74, 6) is 0. The molecule has 4 aliphatic rings. The lowest BCUT2D eigenvalue weighted by atomic mass is 9.74. The van der Waals surface area contributed by atoms with Gasteiger partial charge in [0, 0.05) is 46.5 Å². The molecule has 0 aliphatic carbocycles. The van der Waals surface area contributed by atoms with Crippen LogP contribution in [0.15, 0.2) is 109 Å². The van der Waals surface area contributed by atoms with E-state index in [2.05, 4.69) is 151 Å². The Bertz CT molecular complexity index is 2100. The Balaban J connectivity index is 1.75. The number of fused-ring (bicyclic) bond motifs is 2. The highest BCUT2D eigenvalue weighted by atomic mass is 15.2. The first-order valence-electron chi connectivity index (χ1n) is 14.9. The van der Waals surface area contributed by atoms with Crippen molar-refractivity contribution in [3.05, 3.63) is 143 Å². The van der Waals surface area contributed by atoms with Gasteiger partial charge in [-0.15, -0.1) is 0 Å². The summed E-state index contributed by atoms with van der Waals surface area (Å²) in [5, 5.41) is 0. The van der Waals surface area contributed by atoms with E-state index in [4.69, 9.17) is 0 Å². The third-order valence-corrected chi connectivity index (χ3v) is 9.92. The van der Waals surface area contributed by atoms with Gasteiger partial charge in [-0.3, -0.25) is 0 Å². The molecule has 0 saturated carbocycles. The van der Waals surface area contributed by atoms with Gasteiger partial charge in [0.05, 0.1) is 11.1 Å². The average Bonchev–Trinajstić information content (AvgIpc) is 3.08. The van der Waals surface area contributed by atoms with Gasteiger partial charge < -0.3 is 0 Å². The minimum Gasteiger partial charge on any atom is -0.190 e. The Morgan fingerprint density at radius 2 is 1.07 bits per heavy atom. The topological polar surface area (TPSA) is 11.6 Å². The molecule has 3 aromatic heterocycles. The zero-order valence-electron chi connectivity index (χ0n) is 24.4. The van der Waals surface area contributed by atoms with Crippen molar-refractivity contribution in [1.82, 2.24) is 0 Å². The molecule has 6 aromatic rings. The van der Waals surface area contributed by atoms with Crippen LogP contribution in [0.1, 0.15) is 33.4 Å². The molecule has 4 aliphatic heterocycles. The number of rotatable bonds is 0. The zero-order valence-corrected chi connectivity index (χ0v) is 24.4. The minimum absolute atomic E-state index is 0.528. The molecule has 3 aromatic carbocycles. The number of nitrogens with zero attached hydrogens (tertiary/aromatic N) is 3. The van der Waals surface area contributed by atoms with E-state index in [-0.39, 0.29) is 0 Å². The molecular weight excluding hydrogens is 510 g/mol. The van der Waals surface area contributed by atoms with E-state index in [1.165, 1.54) is 84.1 Å². The quantitative estimate of drug-likeness (QED) is 0.186. The summed E-state index contributed by atoms with van der Waals surface area (Å²) in [4.78, 5) is 0. The van der Waals surface area contributed by atoms with E-state index in [1.807, 2.05) is 0 Å². The molecule has 3 nitrogen and oxygen atoms in total. The minimum atomic E-state index is -0.528. The first kappa shape index (κ1) is 23.8. The number of aryl methyl sites for hydroxylation is 4. The maximum Gasteiger partial charge on any atom is 0.278 e. The van der Waals surface area contributed by atoms with E-state index in [9.17, 15) is 0 Å². The normalized spacial score (nSPS) is 14.3. The van der Waals surface area contributed by atoms with Crippen molar-refractivity contribution in [3.63, 3.8) is 0 Å². The third kappa shape index (κ3) is 2.74. The van der Waals surface area contributed by atoms with Crippen LogP contribution in [-0.4, -0.2) is 0 Å². The Hall–Kier alpha value is -4.89. The molecule has 1 spiro atoms. The Labute approximate surface area is 246 Å². The van der Waals surface area contributed by atoms with Crippen LogP contribution in [0.25, 0.3) is 50.7 Å². The molecule has 0 unspecified atom stereocenters. The lowest BCUT2D eigenvalue weighted by molar-refractivity contribution is -0.805. The summed E-state index contributed by atoms with van der Waals surface area (Å²) in [7, 11) is 0. The Morgan fingerprint density at radius 3 is 1.74 bits per heavy atom. The monoisotopic (exact) mass is 542 g/mol. The van der Waals surface area contributed by atoms with Crippen molar-refractivity contribution >= 4 is 0 Å². The molecule has 7 heterocycles. The lowest BCUT2D eigenvalue weighted by Crippen LogP contribution is -2.66. The van der Waals surface area contributed by atoms with Crippen molar-refractivity contribution < 1.29 is 13.7 Å². The molecule has 10 rings (SSSR count). The van der Waals surface area contributed by atoms with E-state index in [0.29, 0.717) is 0 Å². The van der Waals surface area contributed by atoms with Crippen LogP contribution in [0.2, 0.25) is 0 Å². The molecule has 3 heteroatoms.